The first kappa shape index (κ1) is 15.3. The molecule has 0 radical (unpaired) electrons. The summed E-state index contributed by atoms with van der Waals surface area (Å²) in [6, 6.07) is 1.75. The number of rotatable bonds is 6. The molecule has 20 heavy (non-hydrogen) atoms. The zero-order chi connectivity index (χ0) is 14.6. The summed E-state index contributed by atoms with van der Waals surface area (Å²) in [5.41, 5.74) is 0.625. The Bertz CT molecular complexity index is 545. The normalized spacial score (nSPS) is 22.9. The van der Waals surface area contributed by atoms with Gasteiger partial charge < -0.3 is 5.32 Å². The molecule has 1 aromatic rings. The quantitative estimate of drug-likeness (QED) is 0.845. The largest absolute Gasteiger partial charge is 0.384 e. The lowest BCUT2D eigenvalue weighted by Gasteiger charge is -2.19. The average Bonchev–Trinajstić information content (AvgIpc) is 2.81. The predicted octanol–water partition coefficient (Wildman–Crippen LogP) is 2.37. The fourth-order valence-electron chi connectivity index (χ4n) is 2.58. The highest BCUT2D eigenvalue weighted by molar-refractivity contribution is 7.89. The standard InChI is InChI=1S/C14H23N3O2S/c1-3-8-16-13-7-9-15-10-14(13)20(18,19)17-12-6-4-5-11(12)2/h7,9-12,17H,3-6,8H2,1-2H3,(H,15,16). The van der Waals surface area contributed by atoms with Gasteiger partial charge in [-0.2, -0.15) is 0 Å². The molecule has 0 bridgehead atoms. The number of hydrogen-bond acceptors (Lipinski definition) is 4. The van der Waals surface area contributed by atoms with Gasteiger partial charge in [0.05, 0.1) is 5.69 Å². The summed E-state index contributed by atoms with van der Waals surface area (Å²) in [7, 11) is -3.51. The second kappa shape index (κ2) is 6.54. The summed E-state index contributed by atoms with van der Waals surface area (Å²) < 4.78 is 27.9. The van der Waals surface area contributed by atoms with Crippen molar-refractivity contribution in [3.63, 3.8) is 0 Å². The molecule has 1 heterocycles. The van der Waals surface area contributed by atoms with Crippen LogP contribution in [0.2, 0.25) is 0 Å². The van der Waals surface area contributed by atoms with Crippen LogP contribution in [0.5, 0.6) is 0 Å². The Labute approximate surface area is 121 Å². The zero-order valence-corrected chi connectivity index (χ0v) is 12.9. The maximum Gasteiger partial charge on any atom is 0.244 e. The van der Waals surface area contributed by atoms with E-state index in [2.05, 4.69) is 21.9 Å². The van der Waals surface area contributed by atoms with Crippen LogP contribution in [0.15, 0.2) is 23.4 Å². The molecule has 5 nitrogen and oxygen atoms in total. The first-order valence-electron chi connectivity index (χ1n) is 7.25. The van der Waals surface area contributed by atoms with Gasteiger partial charge in [0.25, 0.3) is 0 Å². The molecule has 6 heteroatoms. The van der Waals surface area contributed by atoms with Crippen LogP contribution in [0.1, 0.15) is 39.5 Å². The molecule has 1 aliphatic rings. The Kier molecular flexibility index (Phi) is 4.99. The van der Waals surface area contributed by atoms with Gasteiger partial charge in [-0.05, 0) is 31.2 Å². The molecule has 2 N–H and O–H groups in total. The topological polar surface area (TPSA) is 71.1 Å². The van der Waals surface area contributed by atoms with Gasteiger partial charge >= 0.3 is 0 Å². The fourth-order valence-corrected chi connectivity index (χ4v) is 4.09. The van der Waals surface area contributed by atoms with E-state index >= 15 is 0 Å². The molecule has 2 atom stereocenters. The second-order valence-electron chi connectivity index (χ2n) is 5.43. The lowest BCUT2D eigenvalue weighted by molar-refractivity contribution is 0.476. The van der Waals surface area contributed by atoms with E-state index in [1.165, 1.54) is 6.20 Å². The van der Waals surface area contributed by atoms with Crippen LogP contribution in [0.4, 0.5) is 5.69 Å². The van der Waals surface area contributed by atoms with Gasteiger partial charge in [0.1, 0.15) is 4.90 Å². The van der Waals surface area contributed by atoms with Crippen molar-refractivity contribution in [2.24, 2.45) is 5.92 Å². The van der Waals surface area contributed by atoms with Gasteiger partial charge in [-0.15, -0.1) is 0 Å². The molecule has 1 aliphatic carbocycles. The molecule has 1 fully saturated rings. The van der Waals surface area contributed by atoms with Crippen molar-refractivity contribution in [1.29, 1.82) is 0 Å². The summed E-state index contributed by atoms with van der Waals surface area (Å²) >= 11 is 0. The van der Waals surface area contributed by atoms with Crippen molar-refractivity contribution in [2.75, 3.05) is 11.9 Å². The van der Waals surface area contributed by atoms with Crippen molar-refractivity contribution in [3.8, 4) is 0 Å². The van der Waals surface area contributed by atoms with Crippen molar-refractivity contribution >= 4 is 15.7 Å². The van der Waals surface area contributed by atoms with Crippen LogP contribution in [0.3, 0.4) is 0 Å². The van der Waals surface area contributed by atoms with E-state index in [-0.39, 0.29) is 10.9 Å². The van der Waals surface area contributed by atoms with Gasteiger partial charge in [-0.25, -0.2) is 13.1 Å². The maximum atomic E-state index is 12.5. The molecule has 0 amide bonds. The third-order valence-electron chi connectivity index (χ3n) is 3.81. The summed E-state index contributed by atoms with van der Waals surface area (Å²) in [5.74, 6) is 0.397. The van der Waals surface area contributed by atoms with E-state index in [9.17, 15) is 8.42 Å². The number of nitrogens with one attached hydrogen (secondary N) is 2. The number of nitrogens with zero attached hydrogens (tertiary/aromatic N) is 1. The van der Waals surface area contributed by atoms with Crippen LogP contribution < -0.4 is 10.0 Å². The van der Waals surface area contributed by atoms with Gasteiger partial charge in [-0.3, -0.25) is 4.98 Å². The van der Waals surface area contributed by atoms with Crippen molar-refractivity contribution < 1.29 is 8.42 Å². The zero-order valence-electron chi connectivity index (χ0n) is 12.1. The number of pyridine rings is 1. The third kappa shape index (κ3) is 3.49. The lowest BCUT2D eigenvalue weighted by Crippen LogP contribution is -2.36. The van der Waals surface area contributed by atoms with E-state index < -0.39 is 10.0 Å². The molecule has 2 unspecified atom stereocenters. The van der Waals surface area contributed by atoms with Gasteiger partial charge in [0.2, 0.25) is 10.0 Å². The van der Waals surface area contributed by atoms with Crippen molar-refractivity contribution in [3.05, 3.63) is 18.5 Å². The number of hydrogen-bond donors (Lipinski definition) is 2. The number of sulfonamides is 1. The Morgan fingerprint density at radius 3 is 2.85 bits per heavy atom. The smallest absolute Gasteiger partial charge is 0.244 e. The Hall–Kier alpha value is -1.14. The average molecular weight is 297 g/mol. The van der Waals surface area contributed by atoms with E-state index in [0.29, 0.717) is 11.6 Å². The number of aromatic nitrogens is 1. The highest BCUT2D eigenvalue weighted by atomic mass is 32.2. The molecular formula is C14H23N3O2S. The fraction of sp³-hybridized carbons (Fsp3) is 0.643. The highest BCUT2D eigenvalue weighted by Gasteiger charge is 2.29. The van der Waals surface area contributed by atoms with Gasteiger partial charge in [0.15, 0.2) is 0 Å². The molecule has 2 rings (SSSR count). The summed E-state index contributed by atoms with van der Waals surface area (Å²) in [5, 5.41) is 3.15. The molecule has 1 aromatic heterocycles. The first-order valence-corrected chi connectivity index (χ1v) is 8.73. The molecular weight excluding hydrogens is 274 g/mol. The summed E-state index contributed by atoms with van der Waals surface area (Å²) in [4.78, 5) is 4.20. The minimum atomic E-state index is -3.51. The van der Waals surface area contributed by atoms with E-state index in [1.807, 2.05) is 6.92 Å². The molecule has 0 spiro atoms. The minimum absolute atomic E-state index is 0.0410. The molecule has 1 saturated carbocycles. The van der Waals surface area contributed by atoms with E-state index in [0.717, 1.165) is 32.2 Å². The van der Waals surface area contributed by atoms with Crippen LogP contribution in [-0.4, -0.2) is 26.0 Å². The molecule has 0 aromatic carbocycles. The van der Waals surface area contributed by atoms with Gasteiger partial charge in [-0.1, -0.05) is 20.3 Å². The molecule has 112 valence electrons. The summed E-state index contributed by atoms with van der Waals surface area (Å²) in [6.07, 6.45) is 7.05. The van der Waals surface area contributed by atoms with Crippen LogP contribution in [0, 0.1) is 5.92 Å². The van der Waals surface area contributed by atoms with Crippen molar-refractivity contribution in [2.45, 2.75) is 50.5 Å². The van der Waals surface area contributed by atoms with Crippen LogP contribution in [0.25, 0.3) is 0 Å². The maximum absolute atomic E-state index is 12.5. The Morgan fingerprint density at radius 1 is 1.40 bits per heavy atom. The summed E-state index contributed by atoms with van der Waals surface area (Å²) in [6.45, 7) is 4.88. The Morgan fingerprint density at radius 2 is 2.20 bits per heavy atom. The Balaban J connectivity index is 2.20. The van der Waals surface area contributed by atoms with Crippen LogP contribution >= 0.6 is 0 Å². The minimum Gasteiger partial charge on any atom is -0.384 e. The number of anilines is 1. The van der Waals surface area contributed by atoms with Crippen LogP contribution in [-0.2, 0) is 10.0 Å². The van der Waals surface area contributed by atoms with E-state index in [1.54, 1.807) is 12.3 Å². The SMILES string of the molecule is CCCNc1ccncc1S(=O)(=O)NC1CCCC1C. The van der Waals surface area contributed by atoms with Crippen molar-refractivity contribution in [1.82, 2.24) is 9.71 Å². The second-order valence-corrected chi connectivity index (χ2v) is 7.12. The molecule has 0 aliphatic heterocycles. The van der Waals surface area contributed by atoms with E-state index in [4.69, 9.17) is 0 Å². The highest BCUT2D eigenvalue weighted by Crippen LogP contribution is 2.27. The third-order valence-corrected chi connectivity index (χ3v) is 5.32. The molecule has 0 saturated heterocycles. The first-order chi connectivity index (χ1) is 9.54. The monoisotopic (exact) mass is 297 g/mol. The lowest BCUT2D eigenvalue weighted by atomic mass is 10.1. The van der Waals surface area contributed by atoms with Gasteiger partial charge in [0, 0.05) is 25.0 Å². The predicted molar refractivity (Wildman–Crippen MR) is 80.1 cm³/mol.